The molecule has 0 aliphatic heterocycles. The van der Waals surface area contributed by atoms with Crippen molar-refractivity contribution in [3.63, 3.8) is 0 Å². The molecule has 0 aromatic heterocycles. The number of rotatable bonds is 8. The van der Waals surface area contributed by atoms with E-state index in [2.05, 4.69) is 13.8 Å². The molecule has 0 heterocycles. The molecular weight excluding hydrogens is 412 g/mol. The lowest BCUT2D eigenvalue weighted by Crippen LogP contribution is -2.38. The summed E-state index contributed by atoms with van der Waals surface area (Å²) in [5.41, 5.74) is 1.93. The van der Waals surface area contributed by atoms with Gasteiger partial charge in [0.05, 0.1) is 13.2 Å². The second-order valence-electron chi connectivity index (χ2n) is 9.36. The van der Waals surface area contributed by atoms with Crippen molar-refractivity contribution in [3.8, 4) is 0 Å². The number of esters is 2. The predicted octanol–water partition coefficient (Wildman–Crippen LogP) is 5.65. The number of hydrogen-bond acceptors (Lipinski definition) is 4. The van der Waals surface area contributed by atoms with E-state index in [1.54, 1.807) is 12.2 Å². The fourth-order valence-corrected chi connectivity index (χ4v) is 5.69. The van der Waals surface area contributed by atoms with Crippen LogP contribution in [0.4, 0.5) is 0 Å². The van der Waals surface area contributed by atoms with E-state index in [1.165, 1.54) is 12.2 Å². The van der Waals surface area contributed by atoms with Crippen molar-refractivity contribution in [2.45, 2.75) is 20.3 Å². The van der Waals surface area contributed by atoms with E-state index >= 15 is 0 Å². The molecule has 6 atom stereocenters. The summed E-state index contributed by atoms with van der Waals surface area (Å²) in [6, 6.07) is 19.4. The molecule has 2 saturated carbocycles. The number of fused-ring (bicyclic) bond motifs is 2. The Hall–Kier alpha value is -3.14. The molecule has 4 rings (SSSR count). The first-order valence-corrected chi connectivity index (χ1v) is 11.8. The normalized spacial score (nSPS) is 28.4. The summed E-state index contributed by atoms with van der Waals surface area (Å²) >= 11 is 0. The first kappa shape index (κ1) is 23.0. The quantitative estimate of drug-likeness (QED) is 0.390. The zero-order valence-electron chi connectivity index (χ0n) is 19.3. The molecule has 0 spiro atoms. The maximum absolute atomic E-state index is 12.3. The molecule has 172 valence electrons. The second kappa shape index (κ2) is 10.7. The van der Waals surface area contributed by atoms with Crippen LogP contribution in [-0.2, 0) is 19.1 Å². The fraction of sp³-hybridized carbons (Fsp3) is 0.379. The fourth-order valence-electron chi connectivity index (χ4n) is 5.69. The molecule has 4 nitrogen and oxygen atoms in total. The average molecular weight is 445 g/mol. The van der Waals surface area contributed by atoms with Gasteiger partial charge in [0.25, 0.3) is 0 Å². The van der Waals surface area contributed by atoms with Gasteiger partial charge in [-0.3, -0.25) is 0 Å². The van der Waals surface area contributed by atoms with Crippen LogP contribution < -0.4 is 0 Å². The van der Waals surface area contributed by atoms with Crippen LogP contribution in [0.2, 0.25) is 0 Å². The Morgan fingerprint density at radius 1 is 0.727 bits per heavy atom. The Balaban J connectivity index is 1.33. The Bertz CT molecular complexity index is 913. The van der Waals surface area contributed by atoms with Gasteiger partial charge in [-0.15, -0.1) is 0 Å². The van der Waals surface area contributed by atoms with Crippen LogP contribution in [0.15, 0.2) is 72.8 Å². The van der Waals surface area contributed by atoms with Gasteiger partial charge in [0.15, 0.2) is 0 Å². The minimum atomic E-state index is -0.330. The van der Waals surface area contributed by atoms with Crippen molar-refractivity contribution in [3.05, 3.63) is 83.9 Å². The van der Waals surface area contributed by atoms with E-state index < -0.39 is 0 Å². The molecule has 2 aliphatic carbocycles. The van der Waals surface area contributed by atoms with Gasteiger partial charge in [-0.05, 0) is 53.4 Å². The predicted molar refractivity (Wildman–Crippen MR) is 130 cm³/mol. The Morgan fingerprint density at radius 3 is 1.52 bits per heavy atom. The largest absolute Gasteiger partial charge is 0.462 e. The van der Waals surface area contributed by atoms with Crippen molar-refractivity contribution in [2.75, 3.05) is 13.2 Å². The smallest absolute Gasteiger partial charge is 0.330 e. The monoisotopic (exact) mass is 444 g/mol. The lowest BCUT2D eigenvalue weighted by Gasteiger charge is -2.37. The zero-order valence-corrected chi connectivity index (χ0v) is 19.3. The Labute approximate surface area is 196 Å². The topological polar surface area (TPSA) is 52.6 Å². The van der Waals surface area contributed by atoms with Gasteiger partial charge in [-0.2, -0.15) is 0 Å². The van der Waals surface area contributed by atoms with Gasteiger partial charge < -0.3 is 9.47 Å². The molecule has 0 N–H and O–H groups in total. The summed E-state index contributed by atoms with van der Waals surface area (Å²) in [4.78, 5) is 24.6. The van der Waals surface area contributed by atoms with Crippen LogP contribution in [0.1, 0.15) is 31.4 Å². The van der Waals surface area contributed by atoms with Crippen LogP contribution in [0.25, 0.3) is 12.2 Å². The van der Waals surface area contributed by atoms with Crippen LogP contribution in [0, 0.1) is 35.5 Å². The van der Waals surface area contributed by atoms with E-state index in [-0.39, 0.29) is 23.8 Å². The van der Waals surface area contributed by atoms with Gasteiger partial charge >= 0.3 is 11.9 Å². The standard InChI is InChI=1S/C29H32O4/c1-20-21(2)25-17-24(20)26(18-32-28(30)15-13-22-9-5-3-6-10-22)27(25)19-33-29(31)16-14-23-11-7-4-8-12-23/h3-16,20-21,24-27H,17-19H2,1-2H3/b15-13+,16-14+. The minimum Gasteiger partial charge on any atom is -0.462 e. The number of carbonyl (C=O) groups excluding carboxylic acids is 2. The second-order valence-corrected chi connectivity index (χ2v) is 9.36. The molecule has 0 saturated heterocycles. The van der Waals surface area contributed by atoms with E-state index in [1.807, 2.05) is 60.7 Å². The number of ether oxygens (including phenoxy) is 2. The van der Waals surface area contributed by atoms with Gasteiger partial charge in [0.1, 0.15) is 0 Å². The molecule has 2 aliphatic rings. The summed E-state index contributed by atoms with van der Waals surface area (Å²) in [7, 11) is 0. The lowest BCUT2D eigenvalue weighted by molar-refractivity contribution is -0.145. The molecule has 0 amide bonds. The molecular formula is C29H32O4. The summed E-state index contributed by atoms with van der Waals surface area (Å²) in [5.74, 6) is 1.96. The minimum absolute atomic E-state index is 0.223. The maximum atomic E-state index is 12.3. The van der Waals surface area contributed by atoms with Crippen LogP contribution in [0.5, 0.6) is 0 Å². The summed E-state index contributed by atoms with van der Waals surface area (Å²) in [5, 5.41) is 0. The van der Waals surface area contributed by atoms with Gasteiger partial charge in [0.2, 0.25) is 0 Å². The first-order valence-electron chi connectivity index (χ1n) is 11.8. The third-order valence-corrected chi connectivity index (χ3v) is 7.63. The molecule has 4 heteroatoms. The summed E-state index contributed by atoms with van der Waals surface area (Å²) in [6.07, 6.45) is 7.63. The molecule has 33 heavy (non-hydrogen) atoms. The Morgan fingerprint density at radius 2 is 1.12 bits per heavy atom. The highest BCUT2D eigenvalue weighted by Gasteiger charge is 2.55. The Kier molecular flexibility index (Phi) is 7.43. The molecule has 0 radical (unpaired) electrons. The van der Waals surface area contributed by atoms with Crippen molar-refractivity contribution < 1.29 is 19.1 Å². The first-order chi connectivity index (χ1) is 16.0. The van der Waals surface area contributed by atoms with Gasteiger partial charge in [-0.25, -0.2) is 9.59 Å². The van der Waals surface area contributed by atoms with Crippen molar-refractivity contribution in [1.82, 2.24) is 0 Å². The number of hydrogen-bond donors (Lipinski definition) is 0. The van der Waals surface area contributed by atoms with Crippen molar-refractivity contribution in [1.29, 1.82) is 0 Å². The molecule has 2 aromatic carbocycles. The average Bonchev–Trinajstić information content (AvgIpc) is 3.35. The third kappa shape index (κ3) is 5.62. The van der Waals surface area contributed by atoms with E-state index in [0.717, 1.165) is 17.5 Å². The van der Waals surface area contributed by atoms with Crippen LogP contribution >= 0.6 is 0 Å². The molecule has 6 unspecified atom stereocenters. The van der Waals surface area contributed by atoms with Crippen molar-refractivity contribution >= 4 is 24.1 Å². The molecule has 2 fully saturated rings. The highest BCUT2D eigenvalue weighted by Crippen LogP contribution is 2.58. The third-order valence-electron chi connectivity index (χ3n) is 7.63. The SMILES string of the molecule is CC1C(C)C2CC1C(COC(=O)/C=C/c1ccccc1)C2COC(=O)/C=C/c1ccccc1. The van der Waals surface area contributed by atoms with E-state index in [4.69, 9.17) is 9.47 Å². The highest BCUT2D eigenvalue weighted by atomic mass is 16.5. The lowest BCUT2D eigenvalue weighted by atomic mass is 9.70. The summed E-state index contributed by atoms with van der Waals surface area (Å²) in [6.45, 7) is 5.34. The number of carbonyl (C=O) groups is 2. The van der Waals surface area contributed by atoms with E-state index in [9.17, 15) is 9.59 Å². The highest BCUT2D eigenvalue weighted by molar-refractivity contribution is 5.87. The van der Waals surface area contributed by atoms with Crippen molar-refractivity contribution in [2.24, 2.45) is 35.5 Å². The maximum Gasteiger partial charge on any atom is 0.330 e. The number of benzene rings is 2. The van der Waals surface area contributed by atoms with E-state index in [0.29, 0.717) is 36.9 Å². The van der Waals surface area contributed by atoms with Gasteiger partial charge in [0, 0.05) is 24.0 Å². The summed E-state index contributed by atoms with van der Waals surface area (Å²) < 4.78 is 11.3. The molecule has 2 aromatic rings. The van der Waals surface area contributed by atoms with Crippen LogP contribution in [-0.4, -0.2) is 25.2 Å². The molecule has 2 bridgehead atoms. The van der Waals surface area contributed by atoms with Crippen LogP contribution in [0.3, 0.4) is 0 Å². The zero-order chi connectivity index (χ0) is 23.2. The van der Waals surface area contributed by atoms with Gasteiger partial charge in [-0.1, -0.05) is 74.5 Å².